The fraction of sp³-hybridized carbons (Fsp3) is 0.259. The fourth-order valence-corrected chi connectivity index (χ4v) is 4.49. The van der Waals surface area contributed by atoms with Gasteiger partial charge in [0.15, 0.2) is 0 Å². The van der Waals surface area contributed by atoms with E-state index in [0.29, 0.717) is 11.7 Å². The number of carbonyl (C=O) groups is 1. The van der Waals surface area contributed by atoms with Crippen molar-refractivity contribution >= 4 is 23.2 Å². The highest BCUT2D eigenvalue weighted by molar-refractivity contribution is 5.87. The van der Waals surface area contributed by atoms with Crippen LogP contribution in [0.4, 0.5) is 20.7 Å². The minimum Gasteiger partial charge on any atom is -0.410 e. The third kappa shape index (κ3) is 4.73. The number of aromatic nitrogens is 2. The quantitative estimate of drug-likeness (QED) is 0.345. The Hall–Kier alpha value is -3.87. The molecule has 1 amide bonds. The Kier molecular flexibility index (Phi) is 6.16. The van der Waals surface area contributed by atoms with Gasteiger partial charge in [-0.25, -0.2) is 14.2 Å². The van der Waals surface area contributed by atoms with Gasteiger partial charge < -0.3 is 10.1 Å². The number of hydrogen-bond donors (Lipinski definition) is 2. The number of nitrogens with one attached hydrogen (secondary N) is 2. The predicted octanol–water partition coefficient (Wildman–Crippen LogP) is 6.80. The highest BCUT2D eigenvalue weighted by Crippen LogP contribution is 2.33. The molecule has 0 radical (unpaired) electrons. The number of rotatable bonds is 5. The third-order valence-corrected chi connectivity index (χ3v) is 6.21. The lowest BCUT2D eigenvalue weighted by molar-refractivity contribution is 0.215. The van der Waals surface area contributed by atoms with Crippen molar-refractivity contribution in [2.24, 2.45) is 0 Å². The zero-order valence-corrected chi connectivity index (χ0v) is 19.1. The maximum Gasteiger partial charge on any atom is 0.417 e. The van der Waals surface area contributed by atoms with Crippen LogP contribution in [-0.4, -0.2) is 21.5 Å². The first-order chi connectivity index (χ1) is 16.6. The summed E-state index contributed by atoms with van der Waals surface area (Å²) in [7, 11) is 0. The summed E-state index contributed by atoms with van der Waals surface area (Å²) in [6.45, 7) is 2.09. The van der Waals surface area contributed by atoms with Crippen molar-refractivity contribution in [3.05, 3.63) is 78.2 Å². The lowest BCUT2D eigenvalue weighted by atomic mass is 9.95. The molecule has 0 unspecified atom stereocenters. The van der Waals surface area contributed by atoms with E-state index in [0.717, 1.165) is 41.3 Å². The molecule has 0 spiro atoms. The van der Waals surface area contributed by atoms with Gasteiger partial charge in [-0.3, -0.25) is 9.72 Å². The molecule has 0 saturated heterocycles. The summed E-state index contributed by atoms with van der Waals surface area (Å²) in [6.07, 6.45) is 5.49. The van der Waals surface area contributed by atoms with Crippen molar-refractivity contribution < 1.29 is 13.9 Å². The summed E-state index contributed by atoms with van der Waals surface area (Å²) < 4.78 is 20.4. The molecular formula is C27H27FN4O2. The molecule has 6 nitrogen and oxygen atoms in total. The van der Waals surface area contributed by atoms with Crippen molar-refractivity contribution in [1.29, 1.82) is 0 Å². The van der Waals surface area contributed by atoms with Crippen molar-refractivity contribution in [3.8, 4) is 17.0 Å². The number of anilines is 2. The van der Waals surface area contributed by atoms with Gasteiger partial charge in [0.1, 0.15) is 28.7 Å². The van der Waals surface area contributed by atoms with Crippen LogP contribution in [-0.2, 0) is 0 Å². The Bertz CT molecular complexity index is 1290. The number of fused-ring (bicyclic) bond motifs is 1. The molecule has 1 aliphatic carbocycles. The van der Waals surface area contributed by atoms with Crippen LogP contribution < -0.4 is 15.4 Å². The van der Waals surface area contributed by atoms with Gasteiger partial charge in [-0.05, 0) is 68.3 Å². The largest absolute Gasteiger partial charge is 0.417 e. The van der Waals surface area contributed by atoms with Gasteiger partial charge in [-0.1, -0.05) is 37.5 Å². The number of ether oxygens (including phenoxy) is 1. The number of carbonyl (C=O) groups excluding carboxylic acids is 1. The van der Waals surface area contributed by atoms with Crippen molar-refractivity contribution in [3.63, 3.8) is 0 Å². The van der Waals surface area contributed by atoms with Gasteiger partial charge in [-0.15, -0.1) is 0 Å². The zero-order chi connectivity index (χ0) is 23.5. The monoisotopic (exact) mass is 458 g/mol. The second kappa shape index (κ2) is 9.55. The van der Waals surface area contributed by atoms with Crippen LogP contribution in [0.25, 0.3) is 16.9 Å². The van der Waals surface area contributed by atoms with E-state index < -0.39 is 6.09 Å². The van der Waals surface area contributed by atoms with E-state index in [-0.39, 0.29) is 11.6 Å². The molecule has 0 bridgehead atoms. The van der Waals surface area contributed by atoms with Crippen molar-refractivity contribution in [1.82, 2.24) is 9.38 Å². The SMILES string of the molecule is Cc1cccc2nc(-c3ccc(NC(=O)Oc4ccc(F)cc4)cc3)c(NC3CCCCC3)n12. The van der Waals surface area contributed by atoms with E-state index in [2.05, 4.69) is 28.0 Å². The molecule has 2 aromatic carbocycles. The van der Waals surface area contributed by atoms with Crippen LogP contribution in [0.1, 0.15) is 37.8 Å². The number of aryl methyl sites for hydroxylation is 1. The Morgan fingerprint density at radius 2 is 1.74 bits per heavy atom. The van der Waals surface area contributed by atoms with Crippen LogP contribution >= 0.6 is 0 Å². The Balaban J connectivity index is 1.38. The summed E-state index contributed by atoms with van der Waals surface area (Å²) in [6, 6.07) is 19.4. The lowest BCUT2D eigenvalue weighted by Gasteiger charge is -2.24. The minimum absolute atomic E-state index is 0.272. The van der Waals surface area contributed by atoms with Gasteiger partial charge in [-0.2, -0.15) is 0 Å². The molecule has 2 N–H and O–H groups in total. The van der Waals surface area contributed by atoms with Gasteiger partial charge in [0.05, 0.1) is 0 Å². The van der Waals surface area contributed by atoms with E-state index in [4.69, 9.17) is 9.72 Å². The van der Waals surface area contributed by atoms with E-state index in [9.17, 15) is 9.18 Å². The molecule has 1 fully saturated rings. The summed E-state index contributed by atoms with van der Waals surface area (Å²) >= 11 is 0. The molecule has 5 rings (SSSR count). The average molecular weight is 459 g/mol. The second-order valence-electron chi connectivity index (χ2n) is 8.69. The maximum absolute atomic E-state index is 13.0. The first kappa shape index (κ1) is 21.9. The molecular weight excluding hydrogens is 431 g/mol. The summed E-state index contributed by atoms with van der Waals surface area (Å²) in [5, 5.41) is 6.48. The first-order valence-electron chi connectivity index (χ1n) is 11.7. The molecule has 1 saturated carbocycles. The lowest BCUT2D eigenvalue weighted by Crippen LogP contribution is -2.23. The average Bonchev–Trinajstić information content (AvgIpc) is 3.21. The minimum atomic E-state index is -0.637. The van der Waals surface area contributed by atoms with Gasteiger partial charge in [0.25, 0.3) is 0 Å². The predicted molar refractivity (Wildman–Crippen MR) is 132 cm³/mol. The summed E-state index contributed by atoms with van der Waals surface area (Å²) in [5.41, 5.74) is 4.46. The molecule has 7 heteroatoms. The number of amides is 1. The first-order valence-corrected chi connectivity index (χ1v) is 11.7. The van der Waals surface area contributed by atoms with Crippen LogP contribution in [0.3, 0.4) is 0 Å². The van der Waals surface area contributed by atoms with Crippen LogP contribution in [0, 0.1) is 12.7 Å². The number of halogens is 1. The number of hydrogen-bond acceptors (Lipinski definition) is 4. The van der Waals surface area contributed by atoms with Gasteiger partial charge >= 0.3 is 6.09 Å². The highest BCUT2D eigenvalue weighted by atomic mass is 19.1. The topological polar surface area (TPSA) is 67.7 Å². The fourth-order valence-electron chi connectivity index (χ4n) is 4.49. The van der Waals surface area contributed by atoms with E-state index in [1.54, 1.807) is 0 Å². The number of pyridine rings is 1. The number of benzene rings is 2. The van der Waals surface area contributed by atoms with E-state index >= 15 is 0 Å². The van der Waals surface area contributed by atoms with Gasteiger partial charge in [0.2, 0.25) is 0 Å². The van der Waals surface area contributed by atoms with Crippen LogP contribution in [0.2, 0.25) is 0 Å². The third-order valence-electron chi connectivity index (χ3n) is 6.21. The molecule has 1 aliphatic rings. The van der Waals surface area contributed by atoms with Crippen molar-refractivity contribution in [2.45, 2.75) is 45.1 Å². The summed E-state index contributed by atoms with van der Waals surface area (Å²) in [5.74, 6) is 0.897. The molecule has 4 aromatic rings. The Morgan fingerprint density at radius 3 is 2.47 bits per heavy atom. The molecule has 2 aromatic heterocycles. The zero-order valence-electron chi connectivity index (χ0n) is 19.1. The van der Waals surface area contributed by atoms with E-state index in [1.165, 1.54) is 43.5 Å². The number of imidazole rings is 1. The van der Waals surface area contributed by atoms with Gasteiger partial charge in [0, 0.05) is 23.0 Å². The molecule has 34 heavy (non-hydrogen) atoms. The summed E-state index contributed by atoms with van der Waals surface area (Å²) in [4.78, 5) is 17.1. The van der Waals surface area contributed by atoms with Crippen molar-refractivity contribution in [2.75, 3.05) is 10.6 Å². The van der Waals surface area contributed by atoms with Crippen LogP contribution in [0.15, 0.2) is 66.7 Å². The highest BCUT2D eigenvalue weighted by Gasteiger charge is 2.20. The Morgan fingerprint density at radius 1 is 1.00 bits per heavy atom. The molecule has 174 valence electrons. The normalized spacial score (nSPS) is 14.2. The Labute approximate surface area is 197 Å². The van der Waals surface area contributed by atoms with Crippen LogP contribution in [0.5, 0.6) is 5.75 Å². The molecule has 0 atom stereocenters. The standard InChI is InChI=1S/C27H27FN4O2/c1-18-6-5-9-24-31-25(26(32(18)24)29-21-7-3-2-4-8-21)19-10-14-22(15-11-19)30-27(33)34-23-16-12-20(28)13-17-23/h5-6,9-17,21,29H,2-4,7-8H2,1H3,(H,30,33). The second-order valence-corrected chi connectivity index (χ2v) is 8.69. The number of nitrogens with zero attached hydrogens (tertiary/aromatic N) is 2. The molecule has 2 heterocycles. The smallest absolute Gasteiger partial charge is 0.410 e. The maximum atomic E-state index is 13.0. The van der Waals surface area contributed by atoms with E-state index in [1.807, 2.05) is 36.4 Å². The molecule has 0 aliphatic heterocycles.